The summed E-state index contributed by atoms with van der Waals surface area (Å²) in [4.78, 5) is 22.4. The Kier molecular flexibility index (Phi) is 5.12. The van der Waals surface area contributed by atoms with Gasteiger partial charge in [-0.05, 0) is 27.7 Å². The Morgan fingerprint density at radius 2 is 1.95 bits per heavy atom. The summed E-state index contributed by atoms with van der Waals surface area (Å²) in [5.41, 5.74) is 0.0193. The monoisotopic (exact) mass is 295 g/mol. The lowest BCUT2D eigenvalue weighted by atomic mass is 10.1. The van der Waals surface area contributed by atoms with Crippen LogP contribution in [0.4, 0.5) is 11.4 Å². The SMILES string of the molecule is COc1cc(NC(C)C(=O)NC(C)(C)C)cc([N+](=O)[O-])c1. The largest absolute Gasteiger partial charge is 0.496 e. The molecule has 0 aromatic heterocycles. The van der Waals surface area contributed by atoms with Crippen molar-refractivity contribution in [3.05, 3.63) is 28.3 Å². The molecule has 0 aliphatic rings. The van der Waals surface area contributed by atoms with E-state index >= 15 is 0 Å². The van der Waals surface area contributed by atoms with E-state index in [0.29, 0.717) is 11.4 Å². The number of nitrogens with zero attached hydrogens (tertiary/aromatic N) is 1. The van der Waals surface area contributed by atoms with Gasteiger partial charge in [-0.15, -0.1) is 0 Å². The number of methoxy groups -OCH3 is 1. The topological polar surface area (TPSA) is 93.5 Å². The van der Waals surface area contributed by atoms with Gasteiger partial charge in [0.25, 0.3) is 5.69 Å². The molecule has 0 aliphatic carbocycles. The molecule has 7 nitrogen and oxygen atoms in total. The molecule has 0 saturated carbocycles. The summed E-state index contributed by atoms with van der Waals surface area (Å²) in [6.07, 6.45) is 0. The van der Waals surface area contributed by atoms with Gasteiger partial charge in [-0.1, -0.05) is 0 Å². The van der Waals surface area contributed by atoms with Crippen LogP contribution in [0.3, 0.4) is 0 Å². The molecule has 0 spiro atoms. The third-order valence-corrected chi connectivity index (χ3v) is 2.61. The molecule has 0 heterocycles. The fraction of sp³-hybridized carbons (Fsp3) is 0.500. The van der Waals surface area contributed by atoms with Crippen LogP contribution in [0.2, 0.25) is 0 Å². The third-order valence-electron chi connectivity index (χ3n) is 2.61. The molecule has 1 rings (SSSR count). The van der Waals surface area contributed by atoms with Crippen molar-refractivity contribution in [2.45, 2.75) is 39.3 Å². The number of nitro groups is 1. The Morgan fingerprint density at radius 3 is 2.43 bits per heavy atom. The van der Waals surface area contributed by atoms with Crippen LogP contribution < -0.4 is 15.4 Å². The van der Waals surface area contributed by atoms with E-state index in [1.807, 2.05) is 20.8 Å². The molecular weight excluding hydrogens is 274 g/mol. The van der Waals surface area contributed by atoms with Crippen molar-refractivity contribution in [2.75, 3.05) is 12.4 Å². The molecule has 1 aromatic carbocycles. The number of hydrogen-bond donors (Lipinski definition) is 2. The zero-order valence-electron chi connectivity index (χ0n) is 12.9. The summed E-state index contributed by atoms with van der Waals surface area (Å²) in [7, 11) is 1.43. The number of carbonyl (C=O) groups is 1. The van der Waals surface area contributed by atoms with Gasteiger partial charge in [0.15, 0.2) is 0 Å². The van der Waals surface area contributed by atoms with Gasteiger partial charge >= 0.3 is 0 Å². The lowest BCUT2D eigenvalue weighted by Gasteiger charge is -2.24. The number of nitro benzene ring substituents is 1. The quantitative estimate of drug-likeness (QED) is 0.642. The highest BCUT2D eigenvalue weighted by Gasteiger charge is 2.20. The zero-order chi connectivity index (χ0) is 16.2. The molecular formula is C14H21N3O4. The minimum atomic E-state index is -0.532. The maximum atomic E-state index is 12.0. The van der Waals surface area contributed by atoms with E-state index in [1.54, 1.807) is 13.0 Å². The normalized spacial score (nSPS) is 12.4. The first-order valence-corrected chi connectivity index (χ1v) is 6.54. The van der Waals surface area contributed by atoms with Crippen molar-refractivity contribution in [3.63, 3.8) is 0 Å². The number of nitrogens with one attached hydrogen (secondary N) is 2. The van der Waals surface area contributed by atoms with Gasteiger partial charge < -0.3 is 15.4 Å². The van der Waals surface area contributed by atoms with Gasteiger partial charge in [-0.25, -0.2) is 0 Å². The second-order valence-electron chi connectivity index (χ2n) is 5.78. The smallest absolute Gasteiger partial charge is 0.275 e. The summed E-state index contributed by atoms with van der Waals surface area (Å²) >= 11 is 0. The first-order valence-electron chi connectivity index (χ1n) is 6.54. The second kappa shape index (κ2) is 6.43. The lowest BCUT2D eigenvalue weighted by molar-refractivity contribution is -0.384. The molecule has 21 heavy (non-hydrogen) atoms. The molecule has 1 amide bonds. The molecule has 1 unspecified atom stereocenters. The Hall–Kier alpha value is -2.31. The molecule has 1 aromatic rings. The van der Waals surface area contributed by atoms with Crippen LogP contribution in [-0.4, -0.2) is 29.5 Å². The third kappa shape index (κ3) is 5.29. The number of rotatable bonds is 5. The fourth-order valence-corrected chi connectivity index (χ4v) is 1.68. The van der Waals surface area contributed by atoms with Crippen molar-refractivity contribution in [1.82, 2.24) is 5.32 Å². The average Bonchev–Trinajstić information content (AvgIpc) is 2.36. The Morgan fingerprint density at radius 1 is 1.33 bits per heavy atom. The molecule has 0 aliphatic heterocycles. The van der Waals surface area contributed by atoms with E-state index in [1.165, 1.54) is 19.2 Å². The number of amides is 1. The molecule has 116 valence electrons. The van der Waals surface area contributed by atoms with E-state index < -0.39 is 11.0 Å². The van der Waals surface area contributed by atoms with Crippen LogP contribution in [0.5, 0.6) is 5.75 Å². The number of hydrogen-bond acceptors (Lipinski definition) is 5. The molecule has 7 heteroatoms. The molecule has 2 N–H and O–H groups in total. The van der Waals surface area contributed by atoms with Crippen molar-refractivity contribution < 1.29 is 14.5 Å². The van der Waals surface area contributed by atoms with Gasteiger partial charge in [0, 0.05) is 23.4 Å². The maximum absolute atomic E-state index is 12.0. The van der Waals surface area contributed by atoms with Crippen LogP contribution in [-0.2, 0) is 4.79 Å². The van der Waals surface area contributed by atoms with Crippen molar-refractivity contribution in [1.29, 1.82) is 0 Å². The number of non-ortho nitro benzene ring substituents is 1. The van der Waals surface area contributed by atoms with E-state index in [-0.39, 0.29) is 17.1 Å². The van der Waals surface area contributed by atoms with Gasteiger partial charge in [-0.2, -0.15) is 0 Å². The predicted molar refractivity (Wildman–Crippen MR) is 80.6 cm³/mol. The summed E-state index contributed by atoms with van der Waals surface area (Å²) in [6, 6.07) is 3.76. The standard InChI is InChI=1S/C14H21N3O4/c1-9(13(18)16-14(2,3)4)15-10-6-11(17(19)20)8-12(7-10)21-5/h6-9,15H,1-5H3,(H,16,18). The Balaban J connectivity index is 2.89. The van der Waals surface area contributed by atoms with E-state index in [2.05, 4.69) is 10.6 Å². The molecule has 0 saturated heterocycles. The van der Waals surface area contributed by atoms with E-state index in [0.717, 1.165) is 0 Å². The average molecular weight is 295 g/mol. The maximum Gasteiger partial charge on any atom is 0.275 e. The van der Waals surface area contributed by atoms with Crippen LogP contribution >= 0.6 is 0 Å². The van der Waals surface area contributed by atoms with Crippen molar-refractivity contribution in [2.24, 2.45) is 0 Å². The zero-order valence-corrected chi connectivity index (χ0v) is 12.9. The number of ether oxygens (including phenoxy) is 1. The Bertz CT molecular complexity index is 538. The number of anilines is 1. The summed E-state index contributed by atoms with van der Waals surface area (Å²) in [6.45, 7) is 7.34. The van der Waals surface area contributed by atoms with Gasteiger partial charge in [0.2, 0.25) is 5.91 Å². The highest BCUT2D eigenvalue weighted by atomic mass is 16.6. The van der Waals surface area contributed by atoms with Crippen LogP contribution in [0, 0.1) is 10.1 Å². The molecule has 0 bridgehead atoms. The Labute approximate surface area is 123 Å². The highest BCUT2D eigenvalue weighted by molar-refractivity contribution is 5.85. The van der Waals surface area contributed by atoms with Crippen LogP contribution in [0.25, 0.3) is 0 Å². The fourth-order valence-electron chi connectivity index (χ4n) is 1.68. The van der Waals surface area contributed by atoms with E-state index in [4.69, 9.17) is 4.74 Å². The van der Waals surface area contributed by atoms with Crippen LogP contribution in [0.1, 0.15) is 27.7 Å². The number of carbonyl (C=O) groups excluding carboxylic acids is 1. The second-order valence-corrected chi connectivity index (χ2v) is 5.78. The van der Waals surface area contributed by atoms with Crippen LogP contribution in [0.15, 0.2) is 18.2 Å². The van der Waals surface area contributed by atoms with Gasteiger partial charge in [-0.3, -0.25) is 14.9 Å². The number of benzene rings is 1. The van der Waals surface area contributed by atoms with E-state index in [9.17, 15) is 14.9 Å². The van der Waals surface area contributed by atoms with Crippen molar-refractivity contribution >= 4 is 17.3 Å². The van der Waals surface area contributed by atoms with Gasteiger partial charge in [0.05, 0.1) is 18.1 Å². The molecule has 1 atom stereocenters. The summed E-state index contributed by atoms with van der Waals surface area (Å²) in [5, 5.41) is 16.6. The first kappa shape index (κ1) is 16.7. The minimum Gasteiger partial charge on any atom is -0.496 e. The minimum absolute atomic E-state index is 0.0970. The molecule has 0 fully saturated rings. The predicted octanol–water partition coefficient (Wildman–Crippen LogP) is 2.32. The van der Waals surface area contributed by atoms with Crippen molar-refractivity contribution in [3.8, 4) is 5.75 Å². The summed E-state index contributed by atoms with van der Waals surface area (Å²) in [5.74, 6) is 0.170. The summed E-state index contributed by atoms with van der Waals surface area (Å²) < 4.78 is 5.02. The lowest BCUT2D eigenvalue weighted by Crippen LogP contribution is -2.47. The van der Waals surface area contributed by atoms with Gasteiger partial charge in [0.1, 0.15) is 11.8 Å². The molecule has 0 radical (unpaired) electrons. The first-order chi connectivity index (χ1) is 9.62. The highest BCUT2D eigenvalue weighted by Crippen LogP contribution is 2.26.